The van der Waals surface area contributed by atoms with Gasteiger partial charge in [-0.2, -0.15) is 4.57 Å². The van der Waals surface area contributed by atoms with E-state index in [0.717, 1.165) is 47.8 Å². The fourth-order valence-corrected chi connectivity index (χ4v) is 3.83. The summed E-state index contributed by atoms with van der Waals surface area (Å²) in [5.41, 5.74) is 2.81. The van der Waals surface area contributed by atoms with E-state index in [2.05, 4.69) is 16.8 Å². The molecule has 0 fully saturated rings. The third-order valence-electron chi connectivity index (χ3n) is 5.59. The number of carboxylic acids is 1. The van der Waals surface area contributed by atoms with Crippen molar-refractivity contribution in [3.05, 3.63) is 72.5 Å². The predicted octanol–water partition coefficient (Wildman–Crippen LogP) is 5.36. The lowest BCUT2D eigenvalue weighted by molar-refractivity contribution is -0.679. The van der Waals surface area contributed by atoms with Gasteiger partial charge in [0, 0.05) is 18.9 Å². The Hall–Kier alpha value is -3.54. The molecule has 2 heterocycles. The zero-order valence-electron chi connectivity index (χ0n) is 17.6. The number of benzene rings is 2. The van der Waals surface area contributed by atoms with E-state index in [1.165, 1.54) is 0 Å². The molecule has 1 aromatic heterocycles. The van der Waals surface area contributed by atoms with E-state index in [1.807, 2.05) is 66.8 Å². The summed E-state index contributed by atoms with van der Waals surface area (Å²) >= 11 is 0. The molecule has 6 nitrogen and oxygen atoms in total. The Bertz CT molecular complexity index is 1100. The van der Waals surface area contributed by atoms with Crippen molar-refractivity contribution in [2.24, 2.45) is 5.92 Å². The summed E-state index contributed by atoms with van der Waals surface area (Å²) < 4.78 is 14.0. The largest absolute Gasteiger partial charge is 0.481 e. The monoisotopic (exact) mass is 419 g/mol. The van der Waals surface area contributed by atoms with E-state index < -0.39 is 5.97 Å². The molecule has 0 radical (unpaired) electrons. The van der Waals surface area contributed by atoms with Gasteiger partial charge in [0.1, 0.15) is 0 Å². The van der Waals surface area contributed by atoms with Crippen molar-refractivity contribution >= 4 is 28.8 Å². The zero-order chi connectivity index (χ0) is 21.6. The summed E-state index contributed by atoms with van der Waals surface area (Å²) in [4.78, 5) is 10.9. The quantitative estimate of drug-likeness (QED) is 0.457. The first kappa shape index (κ1) is 20.7. The summed E-state index contributed by atoms with van der Waals surface area (Å²) in [5, 5.41) is 12.2. The van der Waals surface area contributed by atoms with Gasteiger partial charge < -0.3 is 19.6 Å². The number of aliphatic carboxylic acids is 1. The highest BCUT2D eigenvalue weighted by Crippen LogP contribution is 2.32. The van der Waals surface area contributed by atoms with Crippen LogP contribution in [0.3, 0.4) is 0 Å². The number of ether oxygens (including phenoxy) is 1. The van der Waals surface area contributed by atoms with Crippen LogP contribution in [0.5, 0.6) is 5.75 Å². The van der Waals surface area contributed by atoms with Crippen LogP contribution in [0.4, 0.5) is 5.69 Å². The number of nitrogens with one attached hydrogen (secondary N) is 1. The van der Waals surface area contributed by atoms with Crippen molar-refractivity contribution in [1.82, 2.24) is 0 Å². The molecule has 31 heavy (non-hydrogen) atoms. The lowest BCUT2D eigenvalue weighted by Gasteiger charge is -2.10. The molecule has 0 amide bonds. The third-order valence-corrected chi connectivity index (χ3v) is 5.59. The van der Waals surface area contributed by atoms with Gasteiger partial charge in [0.25, 0.3) is 5.52 Å². The third kappa shape index (κ3) is 4.97. The molecule has 1 aliphatic rings. The van der Waals surface area contributed by atoms with Gasteiger partial charge in [-0.3, -0.25) is 4.79 Å². The fraction of sp³-hybridized carbons (Fsp3) is 0.280. The summed E-state index contributed by atoms with van der Waals surface area (Å²) in [5.74, 6) is 1.86. The van der Waals surface area contributed by atoms with Crippen molar-refractivity contribution < 1.29 is 23.6 Å². The highest BCUT2D eigenvalue weighted by molar-refractivity contribution is 5.70. The molecule has 6 heteroatoms. The van der Waals surface area contributed by atoms with Crippen LogP contribution in [-0.2, 0) is 11.3 Å². The van der Waals surface area contributed by atoms with Crippen LogP contribution in [0.1, 0.15) is 38.5 Å². The smallest absolute Gasteiger partial charge is 0.374 e. The van der Waals surface area contributed by atoms with Crippen LogP contribution in [0.2, 0.25) is 0 Å². The summed E-state index contributed by atoms with van der Waals surface area (Å²) in [6, 6.07) is 15.8. The number of hydrogen-bond donors (Lipinski definition) is 2. The van der Waals surface area contributed by atoms with E-state index in [-0.39, 0.29) is 6.42 Å². The number of oxazole rings is 1. The average molecular weight is 420 g/mol. The molecule has 2 aromatic carbocycles. The number of fused-ring (bicyclic) bond motifs is 2. The number of aryl methyl sites for hydroxylation is 1. The Balaban J connectivity index is 1.50. The minimum atomic E-state index is -0.735. The second-order valence-corrected chi connectivity index (χ2v) is 7.67. The number of nitrogens with zero attached hydrogens (tertiary/aromatic N) is 1. The molecule has 0 saturated heterocycles. The number of carbonyl (C=O) groups is 1. The van der Waals surface area contributed by atoms with E-state index in [1.54, 1.807) is 0 Å². The normalized spacial score (nSPS) is 15.2. The van der Waals surface area contributed by atoms with Crippen molar-refractivity contribution in [3.8, 4) is 5.75 Å². The number of anilines is 1. The molecule has 0 bridgehead atoms. The van der Waals surface area contributed by atoms with Gasteiger partial charge in [0.05, 0.1) is 11.8 Å². The van der Waals surface area contributed by atoms with Crippen LogP contribution in [0.15, 0.2) is 71.0 Å². The molecule has 0 saturated carbocycles. The molecule has 4 rings (SSSR count). The van der Waals surface area contributed by atoms with E-state index >= 15 is 0 Å². The zero-order valence-corrected chi connectivity index (χ0v) is 17.6. The summed E-state index contributed by atoms with van der Waals surface area (Å²) in [6.07, 6.45) is 8.49. The van der Waals surface area contributed by atoms with E-state index in [9.17, 15) is 4.79 Å². The van der Waals surface area contributed by atoms with Crippen LogP contribution < -0.4 is 14.6 Å². The van der Waals surface area contributed by atoms with Crippen molar-refractivity contribution in [2.75, 3.05) is 5.32 Å². The average Bonchev–Trinajstić information content (AvgIpc) is 3.34. The molecular weight excluding hydrogens is 392 g/mol. The molecule has 1 aliphatic heterocycles. The van der Waals surface area contributed by atoms with Gasteiger partial charge in [-0.15, -0.1) is 0 Å². The second kappa shape index (κ2) is 9.51. The topological polar surface area (TPSA) is 75.6 Å². The predicted molar refractivity (Wildman–Crippen MR) is 119 cm³/mol. The molecule has 0 aliphatic carbocycles. The maximum atomic E-state index is 10.9. The maximum Gasteiger partial charge on any atom is 0.374 e. The molecule has 0 spiro atoms. The highest BCUT2D eigenvalue weighted by atomic mass is 16.5. The molecule has 1 unspecified atom stereocenters. The van der Waals surface area contributed by atoms with Gasteiger partial charge >= 0.3 is 11.9 Å². The van der Waals surface area contributed by atoms with Crippen molar-refractivity contribution in [2.45, 2.75) is 39.2 Å². The van der Waals surface area contributed by atoms with Gasteiger partial charge in [0.2, 0.25) is 5.58 Å². The molecular formula is C25H27N2O4+. The maximum absolute atomic E-state index is 10.9. The highest BCUT2D eigenvalue weighted by Gasteiger charge is 2.22. The van der Waals surface area contributed by atoms with Crippen molar-refractivity contribution in [1.29, 1.82) is 0 Å². The van der Waals surface area contributed by atoms with Gasteiger partial charge in [-0.1, -0.05) is 37.6 Å². The number of carboxylic acid groups (broad SMARTS) is 1. The van der Waals surface area contributed by atoms with Gasteiger partial charge in [-0.05, 0) is 42.7 Å². The first-order valence-electron chi connectivity index (χ1n) is 10.7. The van der Waals surface area contributed by atoms with E-state index in [4.69, 9.17) is 14.3 Å². The minimum absolute atomic E-state index is 0.213. The Morgan fingerprint density at radius 2 is 1.97 bits per heavy atom. The molecule has 160 valence electrons. The minimum Gasteiger partial charge on any atom is -0.481 e. The molecule has 3 aromatic rings. The van der Waals surface area contributed by atoms with Crippen molar-refractivity contribution in [3.63, 3.8) is 0 Å². The van der Waals surface area contributed by atoms with Gasteiger partial charge in [0.15, 0.2) is 18.2 Å². The van der Waals surface area contributed by atoms with E-state index in [0.29, 0.717) is 18.2 Å². The summed E-state index contributed by atoms with van der Waals surface area (Å²) in [6.45, 7) is 2.88. The Morgan fingerprint density at radius 1 is 1.16 bits per heavy atom. The Labute approximate surface area is 181 Å². The van der Waals surface area contributed by atoms with Crippen LogP contribution in [0, 0.1) is 5.92 Å². The number of rotatable bonds is 9. The number of para-hydroxylation sites is 4. The molecule has 2 N–H and O–H groups in total. The van der Waals surface area contributed by atoms with Crippen LogP contribution in [-0.4, -0.2) is 11.1 Å². The lowest BCUT2D eigenvalue weighted by Crippen LogP contribution is -2.36. The summed E-state index contributed by atoms with van der Waals surface area (Å²) in [7, 11) is 0. The SMILES string of the molecule is CCC(CCC(=O)O)CC[n+]1c(C=CC=C2Nc3ccccc3O2)oc2ccccc21. The Morgan fingerprint density at radius 3 is 2.77 bits per heavy atom. The van der Waals surface area contributed by atoms with Crippen LogP contribution >= 0.6 is 0 Å². The number of aromatic nitrogens is 1. The first-order chi connectivity index (χ1) is 15.1. The standard InChI is InChI=1S/C25H26N2O4/c1-2-18(14-15-25(28)29)16-17-27-20-9-4-6-11-22(20)31-24(27)13-7-12-23-26-19-8-3-5-10-21(19)30-23/h3-13,18H,2,14-17H2,1H3,(H,28,29)/p+1. The number of allylic oxidation sites excluding steroid dienone is 2. The molecule has 1 atom stereocenters. The van der Waals surface area contributed by atoms with Crippen LogP contribution in [0.25, 0.3) is 17.2 Å². The fourth-order valence-electron chi connectivity index (χ4n) is 3.83. The number of hydrogen-bond acceptors (Lipinski definition) is 4. The first-order valence-corrected chi connectivity index (χ1v) is 10.7. The second-order valence-electron chi connectivity index (χ2n) is 7.67. The lowest BCUT2D eigenvalue weighted by atomic mass is 9.96. The Kier molecular flexibility index (Phi) is 6.36. The van der Waals surface area contributed by atoms with Gasteiger partial charge in [-0.25, -0.2) is 0 Å².